The summed E-state index contributed by atoms with van der Waals surface area (Å²) in [7, 11) is 0.745. The third-order valence-electron chi connectivity index (χ3n) is 6.99. The van der Waals surface area contributed by atoms with Crippen molar-refractivity contribution < 1.29 is 9.59 Å². The van der Waals surface area contributed by atoms with Crippen molar-refractivity contribution in [3.63, 3.8) is 0 Å². The molecule has 4 unspecified atom stereocenters. The zero-order valence-corrected chi connectivity index (χ0v) is 18.6. The van der Waals surface area contributed by atoms with E-state index in [-0.39, 0.29) is 18.2 Å². The monoisotopic (exact) mass is 435 g/mol. The van der Waals surface area contributed by atoms with Crippen molar-refractivity contribution in [1.82, 2.24) is 9.80 Å². The topological polar surface area (TPSA) is 45.0 Å². The second kappa shape index (κ2) is 5.99. The average Bonchev–Trinajstić information content (AvgIpc) is 3.20. The molecule has 3 fully saturated rings. The van der Waals surface area contributed by atoms with Gasteiger partial charge in [-0.1, -0.05) is 54.6 Å². The molecule has 0 radical (unpaired) electrons. The summed E-state index contributed by atoms with van der Waals surface area (Å²) in [5.41, 5.74) is 2.14. The van der Waals surface area contributed by atoms with Crippen LogP contribution < -0.4 is 0 Å². The first-order chi connectivity index (χ1) is 14.2. The second-order valence-corrected chi connectivity index (χ2v) is 11.6. The van der Waals surface area contributed by atoms with Crippen molar-refractivity contribution in [2.75, 3.05) is 7.05 Å². The van der Waals surface area contributed by atoms with Crippen molar-refractivity contribution >= 4 is 32.5 Å². The highest BCUT2D eigenvalue weighted by atomic mass is 32.8. The number of nitrogens with zero attached hydrogens (tertiary/aromatic N) is 3. The van der Waals surface area contributed by atoms with Crippen LogP contribution in [0.5, 0.6) is 0 Å². The smallest absolute Gasteiger partial charge is 0.261 e. The van der Waals surface area contributed by atoms with Gasteiger partial charge in [0.05, 0.1) is 6.42 Å². The number of hydrogen-bond acceptors (Lipinski definition) is 3. The van der Waals surface area contributed by atoms with Crippen LogP contribution in [0.15, 0.2) is 54.6 Å². The largest absolute Gasteiger partial charge is 0.320 e. The molecule has 1 spiro atoms. The maximum atomic E-state index is 13.6. The Balaban J connectivity index is 1.64. The normalized spacial score (nSPS) is 36.9. The Morgan fingerprint density at radius 3 is 2.23 bits per heavy atom. The zero-order valence-electron chi connectivity index (χ0n) is 17.0. The maximum absolute atomic E-state index is 13.6. The van der Waals surface area contributed by atoms with E-state index in [0.717, 1.165) is 16.7 Å². The zero-order chi connectivity index (χ0) is 21.5. The van der Waals surface area contributed by atoms with Gasteiger partial charge in [0.15, 0.2) is 9.74 Å². The van der Waals surface area contributed by atoms with E-state index < -0.39 is 30.8 Å². The number of carbonyl (C=O) groups is 2. The Bertz CT molecular complexity index is 1160. The number of piperazine rings is 1. The fourth-order valence-electron chi connectivity index (χ4n) is 5.30. The summed E-state index contributed by atoms with van der Waals surface area (Å²) < 4.78 is 0. The van der Waals surface area contributed by atoms with E-state index in [1.807, 2.05) is 61.5 Å². The van der Waals surface area contributed by atoms with Crippen LogP contribution in [0.4, 0.5) is 0 Å². The molecule has 5 nitrogen and oxygen atoms in total. The van der Waals surface area contributed by atoms with Gasteiger partial charge < -0.3 is 14.6 Å². The van der Waals surface area contributed by atoms with Crippen LogP contribution in [0.1, 0.15) is 31.9 Å². The molecule has 3 saturated heterocycles. The van der Waals surface area contributed by atoms with Crippen LogP contribution in [0.3, 0.4) is 0 Å². The summed E-state index contributed by atoms with van der Waals surface area (Å²) in [5.74, 6) is -0.256. The maximum Gasteiger partial charge on any atom is 0.261 e. The van der Waals surface area contributed by atoms with Gasteiger partial charge in [-0.15, -0.1) is 0 Å². The van der Waals surface area contributed by atoms with Gasteiger partial charge in [0.25, 0.3) is 17.4 Å². The summed E-state index contributed by atoms with van der Waals surface area (Å²) in [6.07, 6.45) is 0.283. The molecular formula is C23H21N3O2S2. The standard InChI is InChI=1S/C23H21N3O2S2/c1-21(24-3)14-23-20(28)25(4)22(2,30(23)29)19(27)26(23)18(21)17-12-10-16(11-13-17)15-8-6-5-7-9-15/h5-13,18H,14H2,1-2,4H3/t18?,21-,22?,23?,30?/m0/s1. The third kappa shape index (κ3) is 2.03. The molecule has 2 amide bonds. The number of fused-ring (bicyclic) bond motifs is 1. The Hall–Kier alpha value is -2.56. The van der Waals surface area contributed by atoms with E-state index in [2.05, 4.69) is 4.85 Å². The first-order valence-corrected chi connectivity index (χ1v) is 11.9. The first-order valence-electron chi connectivity index (χ1n) is 9.80. The molecule has 0 aliphatic carbocycles. The summed E-state index contributed by atoms with van der Waals surface area (Å²) in [6.45, 7) is 11.6. The number of carbonyl (C=O) groups excluding carboxylic acids is 2. The molecule has 5 rings (SSSR count). The van der Waals surface area contributed by atoms with E-state index in [1.54, 1.807) is 18.9 Å². The number of rotatable bonds is 2. The molecule has 152 valence electrons. The predicted octanol–water partition coefficient (Wildman–Crippen LogP) is 3.28. The molecule has 2 aromatic carbocycles. The van der Waals surface area contributed by atoms with Gasteiger partial charge in [-0.3, -0.25) is 9.59 Å². The highest BCUT2D eigenvalue weighted by molar-refractivity contribution is 8.31. The molecule has 5 atom stereocenters. The molecule has 0 saturated carbocycles. The first kappa shape index (κ1) is 19.4. The lowest BCUT2D eigenvalue weighted by molar-refractivity contribution is -0.159. The molecule has 30 heavy (non-hydrogen) atoms. The van der Waals surface area contributed by atoms with Crippen molar-refractivity contribution in [1.29, 1.82) is 0 Å². The molecule has 2 bridgehead atoms. The summed E-state index contributed by atoms with van der Waals surface area (Å²) in [6, 6.07) is 17.5. The minimum Gasteiger partial charge on any atom is -0.320 e. The van der Waals surface area contributed by atoms with Gasteiger partial charge in [-0.05, 0) is 44.3 Å². The molecule has 7 heteroatoms. The quantitative estimate of drug-likeness (QED) is 0.680. The molecule has 3 heterocycles. The lowest BCUT2D eigenvalue weighted by atomic mass is 9.86. The van der Waals surface area contributed by atoms with Crippen LogP contribution in [-0.4, -0.2) is 43.9 Å². The fourth-order valence-corrected chi connectivity index (χ4v) is 8.81. The number of likely N-dealkylation sites (N-methyl/N-ethyl adjacent to an activating group) is 1. The van der Waals surface area contributed by atoms with E-state index in [1.165, 1.54) is 4.90 Å². The molecule has 0 N–H and O–H groups in total. The van der Waals surface area contributed by atoms with Crippen LogP contribution in [0.2, 0.25) is 0 Å². The Morgan fingerprint density at radius 1 is 1.03 bits per heavy atom. The summed E-state index contributed by atoms with van der Waals surface area (Å²) >= 11 is 5.82. The van der Waals surface area contributed by atoms with E-state index in [9.17, 15) is 9.59 Å². The van der Waals surface area contributed by atoms with Gasteiger partial charge in [0.1, 0.15) is 6.04 Å². The SMILES string of the molecule is [C-]#[N+][C@@]1(C)CC23C(=O)N(C)C(C)(C(=O)N2C1c1ccc(-c2ccccc2)cc1)S3=S. The van der Waals surface area contributed by atoms with Crippen LogP contribution in [0.25, 0.3) is 16.0 Å². The lowest BCUT2D eigenvalue weighted by Crippen LogP contribution is -2.60. The molecule has 3 aliphatic heterocycles. The Kier molecular flexibility index (Phi) is 3.88. The fraction of sp³-hybridized carbons (Fsp3) is 0.348. The predicted molar refractivity (Wildman–Crippen MR) is 120 cm³/mol. The van der Waals surface area contributed by atoms with Gasteiger partial charge in [-0.25, -0.2) is 6.57 Å². The van der Waals surface area contributed by atoms with E-state index in [4.69, 9.17) is 17.8 Å². The Morgan fingerprint density at radius 2 is 1.63 bits per heavy atom. The Labute approximate surface area is 183 Å². The van der Waals surface area contributed by atoms with Crippen molar-refractivity contribution in [2.45, 2.75) is 41.6 Å². The minimum absolute atomic E-state index is 0.124. The van der Waals surface area contributed by atoms with E-state index in [0.29, 0.717) is 0 Å². The number of benzene rings is 2. The van der Waals surface area contributed by atoms with Crippen LogP contribution in [-0.2, 0) is 30.2 Å². The van der Waals surface area contributed by atoms with Crippen molar-refractivity contribution in [2.24, 2.45) is 0 Å². The van der Waals surface area contributed by atoms with Gasteiger partial charge in [0.2, 0.25) is 0 Å². The minimum atomic E-state index is -1.09. The second-order valence-electron chi connectivity index (χ2n) is 8.61. The third-order valence-corrected chi connectivity index (χ3v) is 11.1. The molecule has 3 aliphatic rings. The van der Waals surface area contributed by atoms with Gasteiger partial charge in [0, 0.05) is 14.0 Å². The molecule has 0 aromatic heterocycles. The lowest BCUT2D eigenvalue weighted by Gasteiger charge is -2.38. The highest BCUT2D eigenvalue weighted by Crippen LogP contribution is 2.63. The van der Waals surface area contributed by atoms with Gasteiger partial charge >= 0.3 is 0 Å². The highest BCUT2D eigenvalue weighted by Gasteiger charge is 2.82. The average molecular weight is 436 g/mol. The molecule has 2 aromatic rings. The van der Waals surface area contributed by atoms with Crippen LogP contribution >= 0.6 is 0 Å². The summed E-state index contributed by atoms with van der Waals surface area (Å²) in [4.78, 5) is 32.0. The van der Waals surface area contributed by atoms with Crippen molar-refractivity contribution in [3.05, 3.63) is 71.6 Å². The number of hydrogen-bond donors (Lipinski definition) is 0. The van der Waals surface area contributed by atoms with Crippen molar-refractivity contribution in [3.8, 4) is 11.1 Å². The van der Waals surface area contributed by atoms with E-state index >= 15 is 0 Å². The van der Waals surface area contributed by atoms with Crippen LogP contribution in [0, 0.1) is 6.57 Å². The number of amides is 2. The summed E-state index contributed by atoms with van der Waals surface area (Å²) in [5, 5.41) is 0. The molecular weight excluding hydrogens is 414 g/mol. The van der Waals surface area contributed by atoms with Gasteiger partial charge in [-0.2, -0.15) is 0 Å².